The third kappa shape index (κ3) is 7.02. The SMILES string of the molecule is CC(C)N(C(C)C)[Si](Br)(N(C(C)C)C(C)C)[Si]([Si](Br)(Br)Br)([Si](Br)(Br)Br)[Si](Br)(Br)Br. The van der Waals surface area contributed by atoms with Gasteiger partial charge >= 0.3 is 0 Å². The highest BCUT2D eigenvalue weighted by Gasteiger charge is 2.86. The molecule has 0 aliphatic heterocycles. The summed E-state index contributed by atoms with van der Waals surface area (Å²) in [6, 6.07) is 1.52. The van der Waals surface area contributed by atoms with Gasteiger partial charge in [-0.2, -0.15) is 0 Å². The number of rotatable bonds is 10. The molecule has 0 aliphatic carbocycles. The highest BCUT2D eigenvalue weighted by Crippen LogP contribution is 2.64. The molecule has 0 aromatic rings. The lowest BCUT2D eigenvalue weighted by molar-refractivity contribution is 0.227. The van der Waals surface area contributed by atoms with Gasteiger partial charge in [0.2, 0.25) is 0 Å². The largest absolute Gasteiger partial charge is 0.301 e. The van der Waals surface area contributed by atoms with Crippen molar-refractivity contribution in [3.8, 4) is 0 Å². The molecule has 0 atom stereocenters. The van der Waals surface area contributed by atoms with Gasteiger partial charge in [-0.1, -0.05) is 70.7 Å². The van der Waals surface area contributed by atoms with E-state index in [0.717, 1.165) is 0 Å². The Labute approximate surface area is 260 Å². The van der Waals surface area contributed by atoms with Crippen molar-refractivity contribution in [2.45, 2.75) is 79.6 Å². The molecule has 0 N–H and O–H groups in total. The molecule has 0 aromatic heterocycles. The van der Waals surface area contributed by atoms with Crippen molar-refractivity contribution < 1.29 is 0 Å². The monoisotopic (exact) mass is 1130 g/mol. The lowest BCUT2D eigenvalue weighted by Gasteiger charge is -2.64. The fourth-order valence-corrected chi connectivity index (χ4v) is 546. The fraction of sp³-hybridized carbons (Fsp3) is 1.00. The Balaban J connectivity index is 7.94. The van der Waals surface area contributed by atoms with Gasteiger partial charge in [0, 0.05) is 0 Å². The lowest BCUT2D eigenvalue weighted by atomic mass is 10.3. The first kappa shape index (κ1) is 34.8. The van der Waals surface area contributed by atoms with E-state index < -0.39 is 23.0 Å². The number of halogens is 10. The minimum Gasteiger partial charge on any atom is -0.301 e. The van der Waals surface area contributed by atoms with Gasteiger partial charge in [0.1, 0.15) is 0 Å². The summed E-state index contributed by atoms with van der Waals surface area (Å²) in [4.78, 5) is 0. The molecule has 0 amide bonds. The molecule has 17 heteroatoms. The Morgan fingerprint density at radius 2 is 0.586 bits per heavy atom. The first-order valence-corrected chi connectivity index (χ1v) is 45.5. The Morgan fingerprint density at radius 1 is 0.414 bits per heavy atom. The Kier molecular flexibility index (Phi) is 15.1. The molecule has 0 spiro atoms. The van der Waals surface area contributed by atoms with E-state index in [1.54, 1.807) is 0 Å². The molecule has 0 radical (unpaired) electrons. The Hall–Kier alpha value is 5.80. The van der Waals surface area contributed by atoms with Crippen LogP contribution in [0.1, 0.15) is 55.4 Å². The van der Waals surface area contributed by atoms with Gasteiger partial charge in [0.25, 0.3) is 16.9 Å². The predicted octanol–water partition coefficient (Wildman–Crippen LogP) is 9.69. The van der Waals surface area contributed by atoms with Crippen LogP contribution in [0.15, 0.2) is 0 Å². The van der Waals surface area contributed by atoms with Gasteiger partial charge in [-0.05, 0) is 24.2 Å². The van der Waals surface area contributed by atoms with E-state index >= 15 is 0 Å². The standard InChI is InChI=1S/C12H28Br10N2Si5/c1-9(2)23(10(3)4)28(22,24(11(5)6)12(7)8)29(25(13,14)15,26(16,17)18)27(19,20)21/h9-12H,1-8H3. The van der Waals surface area contributed by atoms with E-state index in [2.05, 4.69) is 217 Å². The number of hydrogen-bond acceptors (Lipinski definition) is 2. The first-order valence-electron chi connectivity index (χ1n) is 8.99. The van der Waals surface area contributed by atoms with Crippen molar-refractivity contribution in [1.82, 2.24) is 9.13 Å². The van der Waals surface area contributed by atoms with E-state index in [0.29, 0.717) is 24.2 Å². The molecule has 0 heterocycles. The maximum absolute atomic E-state index is 4.64. The molecule has 0 aromatic carbocycles. The summed E-state index contributed by atoms with van der Waals surface area (Å²) in [5.74, 6) is 0. The van der Waals surface area contributed by atoms with E-state index in [4.69, 9.17) is 0 Å². The average molecular weight is 1140 g/mol. The van der Waals surface area contributed by atoms with Crippen molar-refractivity contribution in [3.05, 3.63) is 0 Å². The highest BCUT2D eigenvalue weighted by molar-refractivity contribution is 9.85. The summed E-state index contributed by atoms with van der Waals surface area (Å²) in [6.07, 6.45) is -2.46. The Morgan fingerprint density at radius 3 is 0.690 bits per heavy atom. The van der Waals surface area contributed by atoms with Crippen LogP contribution in [0.25, 0.3) is 0 Å². The molecule has 0 bridgehead atoms. The van der Waals surface area contributed by atoms with Gasteiger partial charge in [-0.25, -0.2) is 0 Å². The molecule has 0 saturated carbocycles. The second-order valence-electron chi connectivity index (χ2n) is 8.02. The minimum atomic E-state index is -2.57. The predicted molar refractivity (Wildman–Crippen MR) is 182 cm³/mol. The van der Waals surface area contributed by atoms with Crippen LogP contribution in [0.2, 0.25) is 0 Å². The highest BCUT2D eigenvalue weighted by atomic mass is 80.0. The maximum atomic E-state index is 4.64. The fourth-order valence-electron chi connectivity index (χ4n) is 4.11. The van der Waals surface area contributed by atoms with Crippen LogP contribution in [-0.4, -0.2) is 56.3 Å². The maximum Gasteiger partial charge on any atom is 0.266 e. The Bertz CT molecular complexity index is 475. The van der Waals surface area contributed by atoms with E-state index in [1.807, 2.05) is 0 Å². The summed E-state index contributed by atoms with van der Waals surface area (Å²) in [7, 11) is 0. The van der Waals surface area contributed by atoms with E-state index in [1.165, 1.54) is 0 Å². The smallest absolute Gasteiger partial charge is 0.266 e. The topological polar surface area (TPSA) is 6.48 Å². The molecule has 0 unspecified atom stereocenters. The minimum absolute atomic E-state index is 0.379. The lowest BCUT2D eigenvalue weighted by Crippen LogP contribution is -2.95. The average Bonchev–Trinajstić information content (AvgIpc) is 2.29. The van der Waals surface area contributed by atoms with Gasteiger partial charge in [0.15, 0.2) is 6.14 Å². The van der Waals surface area contributed by atoms with Crippen LogP contribution < -0.4 is 0 Å². The van der Waals surface area contributed by atoms with Gasteiger partial charge in [-0.15, -0.1) is 138 Å². The van der Waals surface area contributed by atoms with Crippen molar-refractivity contribution in [2.75, 3.05) is 0 Å². The molecular weight excluding hydrogens is 1110 g/mol. The number of hydrogen-bond donors (Lipinski definition) is 0. The van der Waals surface area contributed by atoms with Crippen molar-refractivity contribution in [3.63, 3.8) is 0 Å². The summed E-state index contributed by atoms with van der Waals surface area (Å²) in [5.41, 5.74) is 0. The molecule has 0 fully saturated rings. The molecular formula is C12H28Br10N2Si5. The van der Waals surface area contributed by atoms with Crippen molar-refractivity contribution in [2.24, 2.45) is 0 Å². The molecule has 0 aliphatic rings. The second-order valence-corrected chi connectivity index (χ2v) is 128. The normalized spacial score (nSPS) is 15.7. The summed E-state index contributed by atoms with van der Waals surface area (Å²) < 4.78 is -1.35. The van der Waals surface area contributed by atoms with E-state index in [-0.39, 0.29) is 0 Å². The zero-order chi connectivity index (χ0) is 24.0. The third-order valence-electron chi connectivity index (χ3n) is 4.66. The molecule has 2 nitrogen and oxygen atoms in total. The van der Waals surface area contributed by atoms with Crippen molar-refractivity contribution in [1.29, 1.82) is 0 Å². The van der Waals surface area contributed by atoms with Crippen LogP contribution in [-0.2, 0) is 0 Å². The molecule has 0 rings (SSSR count). The first-order chi connectivity index (χ1) is 12.5. The van der Waals surface area contributed by atoms with Crippen molar-refractivity contribution >= 4 is 176 Å². The summed E-state index contributed by atoms with van der Waals surface area (Å²) in [5, 5.41) is 0. The van der Waals surface area contributed by atoms with Crippen LogP contribution in [0, 0.1) is 0 Å². The van der Waals surface area contributed by atoms with Gasteiger partial charge in [-0.3, -0.25) is 0 Å². The van der Waals surface area contributed by atoms with Crippen LogP contribution >= 0.6 is 153 Å². The van der Waals surface area contributed by atoms with E-state index in [9.17, 15) is 0 Å². The van der Waals surface area contributed by atoms with Crippen LogP contribution in [0.3, 0.4) is 0 Å². The van der Waals surface area contributed by atoms with Crippen LogP contribution in [0.5, 0.6) is 0 Å². The third-order valence-corrected chi connectivity index (χ3v) is 218. The summed E-state index contributed by atoms with van der Waals surface area (Å²) >= 11 is 42.6. The zero-order valence-corrected chi connectivity index (χ0v) is 38.3. The molecule has 176 valence electrons. The quantitative estimate of drug-likeness (QED) is 0.159. The van der Waals surface area contributed by atoms with Gasteiger partial charge in [0.05, 0.1) is 0 Å². The second kappa shape index (κ2) is 12.6. The zero-order valence-electron chi connectivity index (χ0n) is 17.5. The molecule has 0 saturated heterocycles. The molecule has 29 heavy (non-hydrogen) atoms. The van der Waals surface area contributed by atoms with Gasteiger partial charge < -0.3 is 9.13 Å². The summed E-state index contributed by atoms with van der Waals surface area (Å²) in [6.45, 7) is 16.0. The number of nitrogens with zero attached hydrogens (tertiary/aromatic N) is 2. The van der Waals surface area contributed by atoms with Crippen LogP contribution in [0.4, 0.5) is 0 Å².